The van der Waals surface area contributed by atoms with Crippen molar-refractivity contribution in [3.05, 3.63) is 35.9 Å². The third-order valence-electron chi connectivity index (χ3n) is 3.88. The van der Waals surface area contributed by atoms with E-state index < -0.39 is 0 Å². The Morgan fingerprint density at radius 1 is 1.27 bits per heavy atom. The van der Waals surface area contributed by atoms with Gasteiger partial charge in [0.15, 0.2) is 0 Å². The molecule has 0 bridgehead atoms. The average Bonchev–Trinajstić information content (AvgIpc) is 2.58. The molecule has 1 aromatic rings. The summed E-state index contributed by atoms with van der Waals surface area (Å²) >= 11 is 0. The molecule has 2 N–H and O–H groups in total. The molecule has 2 amide bonds. The van der Waals surface area contributed by atoms with Gasteiger partial charge in [-0.2, -0.15) is 0 Å². The van der Waals surface area contributed by atoms with Crippen molar-refractivity contribution in [1.29, 1.82) is 0 Å². The first-order chi connectivity index (χ1) is 10.8. The highest BCUT2D eigenvalue weighted by molar-refractivity contribution is 5.73. The van der Waals surface area contributed by atoms with Crippen LogP contribution in [0.3, 0.4) is 0 Å². The van der Waals surface area contributed by atoms with E-state index in [9.17, 15) is 4.79 Å². The summed E-state index contributed by atoms with van der Waals surface area (Å²) in [6, 6.07) is 9.83. The minimum Gasteiger partial charge on any atom is -0.381 e. The van der Waals surface area contributed by atoms with Gasteiger partial charge in [0.25, 0.3) is 0 Å². The van der Waals surface area contributed by atoms with Crippen LogP contribution in [0.1, 0.15) is 31.4 Å². The molecule has 0 unspecified atom stereocenters. The Bertz CT molecular complexity index is 433. The maximum atomic E-state index is 11.9. The van der Waals surface area contributed by atoms with Crippen LogP contribution >= 0.6 is 0 Å². The quantitative estimate of drug-likeness (QED) is 0.813. The minimum atomic E-state index is -0.132. The van der Waals surface area contributed by atoms with Gasteiger partial charge in [-0.3, -0.25) is 0 Å². The molecule has 0 radical (unpaired) electrons. The highest BCUT2D eigenvalue weighted by atomic mass is 16.5. The van der Waals surface area contributed by atoms with Crippen molar-refractivity contribution in [1.82, 2.24) is 10.6 Å². The van der Waals surface area contributed by atoms with Gasteiger partial charge in [0, 0.05) is 32.9 Å². The van der Waals surface area contributed by atoms with Crippen molar-refractivity contribution in [2.24, 2.45) is 5.92 Å². The van der Waals surface area contributed by atoms with Crippen LogP contribution in [0.25, 0.3) is 0 Å². The van der Waals surface area contributed by atoms with E-state index in [1.807, 2.05) is 37.3 Å². The van der Waals surface area contributed by atoms with Crippen molar-refractivity contribution >= 4 is 6.03 Å². The smallest absolute Gasteiger partial charge is 0.314 e. The number of rotatable bonds is 7. The molecular weight excluding hydrogens is 280 g/mol. The van der Waals surface area contributed by atoms with Gasteiger partial charge in [0.2, 0.25) is 0 Å². The zero-order chi connectivity index (χ0) is 15.6. The second-order valence-corrected chi connectivity index (χ2v) is 5.50. The fourth-order valence-corrected chi connectivity index (χ4v) is 2.58. The van der Waals surface area contributed by atoms with Gasteiger partial charge in [0.1, 0.15) is 0 Å². The Hall–Kier alpha value is -1.59. The second-order valence-electron chi connectivity index (χ2n) is 5.50. The molecule has 0 aromatic heterocycles. The monoisotopic (exact) mass is 306 g/mol. The van der Waals surface area contributed by atoms with Gasteiger partial charge in [-0.05, 0) is 31.2 Å². The highest BCUT2D eigenvalue weighted by Gasteiger charge is 2.16. The molecule has 1 aromatic carbocycles. The SMILES string of the molecule is CCO[C@@H](CNC(=O)NCC1CCOCC1)c1ccccc1. The molecule has 5 heteroatoms. The number of carbonyl (C=O) groups excluding carboxylic acids is 1. The molecule has 5 nitrogen and oxygen atoms in total. The van der Waals surface area contributed by atoms with Crippen molar-refractivity contribution < 1.29 is 14.3 Å². The summed E-state index contributed by atoms with van der Waals surface area (Å²) in [6.45, 7) is 5.35. The molecule has 0 aliphatic carbocycles. The summed E-state index contributed by atoms with van der Waals surface area (Å²) in [5.41, 5.74) is 1.08. The number of benzene rings is 1. The number of amides is 2. The maximum Gasteiger partial charge on any atom is 0.314 e. The Balaban J connectivity index is 1.73. The minimum absolute atomic E-state index is 0.111. The van der Waals surface area contributed by atoms with Crippen LogP contribution in [-0.4, -0.2) is 38.9 Å². The van der Waals surface area contributed by atoms with E-state index in [2.05, 4.69) is 10.6 Å². The van der Waals surface area contributed by atoms with Gasteiger partial charge in [-0.15, -0.1) is 0 Å². The molecule has 2 rings (SSSR count). The molecule has 1 saturated heterocycles. The number of hydrogen-bond acceptors (Lipinski definition) is 3. The van der Waals surface area contributed by atoms with E-state index in [4.69, 9.17) is 9.47 Å². The average molecular weight is 306 g/mol. The molecule has 22 heavy (non-hydrogen) atoms. The van der Waals surface area contributed by atoms with Crippen LogP contribution < -0.4 is 10.6 Å². The molecule has 1 atom stereocenters. The summed E-state index contributed by atoms with van der Waals surface area (Å²) in [5.74, 6) is 0.524. The fourth-order valence-electron chi connectivity index (χ4n) is 2.58. The predicted molar refractivity (Wildman–Crippen MR) is 85.8 cm³/mol. The first-order valence-electron chi connectivity index (χ1n) is 8.05. The maximum absolute atomic E-state index is 11.9. The Kier molecular flexibility index (Phi) is 7.19. The third kappa shape index (κ3) is 5.66. The summed E-state index contributed by atoms with van der Waals surface area (Å²) in [7, 11) is 0. The highest BCUT2D eigenvalue weighted by Crippen LogP contribution is 2.16. The van der Waals surface area contributed by atoms with Crippen molar-refractivity contribution in [2.45, 2.75) is 25.9 Å². The number of hydrogen-bond donors (Lipinski definition) is 2. The zero-order valence-corrected chi connectivity index (χ0v) is 13.2. The van der Waals surface area contributed by atoms with Crippen LogP contribution in [-0.2, 0) is 9.47 Å². The van der Waals surface area contributed by atoms with Crippen molar-refractivity contribution in [3.8, 4) is 0 Å². The Morgan fingerprint density at radius 2 is 2.00 bits per heavy atom. The van der Waals surface area contributed by atoms with E-state index in [-0.39, 0.29) is 12.1 Å². The molecular formula is C17H26N2O3. The van der Waals surface area contributed by atoms with Crippen molar-refractivity contribution in [2.75, 3.05) is 32.9 Å². The summed E-state index contributed by atoms with van der Waals surface area (Å²) < 4.78 is 11.0. The van der Waals surface area contributed by atoms with Crippen LogP contribution in [0.5, 0.6) is 0 Å². The predicted octanol–water partition coefficient (Wildman–Crippen LogP) is 2.49. The van der Waals surface area contributed by atoms with Crippen LogP contribution in [0.15, 0.2) is 30.3 Å². The topological polar surface area (TPSA) is 59.6 Å². The van der Waals surface area contributed by atoms with Gasteiger partial charge >= 0.3 is 6.03 Å². The molecule has 1 aliphatic rings. The lowest BCUT2D eigenvalue weighted by molar-refractivity contribution is 0.0626. The standard InChI is InChI=1S/C17H26N2O3/c1-2-22-16(15-6-4-3-5-7-15)13-19-17(20)18-12-14-8-10-21-11-9-14/h3-7,14,16H,2,8-13H2,1H3,(H2,18,19,20)/t16-/m0/s1. The van der Waals surface area contributed by atoms with Crippen LogP contribution in [0.2, 0.25) is 0 Å². The number of urea groups is 1. The Morgan fingerprint density at radius 3 is 2.68 bits per heavy atom. The summed E-state index contributed by atoms with van der Waals surface area (Å²) in [6.07, 6.45) is 1.93. The van der Waals surface area contributed by atoms with E-state index >= 15 is 0 Å². The number of nitrogens with one attached hydrogen (secondary N) is 2. The van der Waals surface area contributed by atoms with Gasteiger partial charge in [0.05, 0.1) is 6.10 Å². The third-order valence-corrected chi connectivity index (χ3v) is 3.88. The van der Waals surface area contributed by atoms with Crippen molar-refractivity contribution in [3.63, 3.8) is 0 Å². The summed E-state index contributed by atoms with van der Waals surface area (Å²) in [5, 5.41) is 5.84. The van der Waals surface area contributed by atoms with E-state index in [0.717, 1.165) is 31.6 Å². The molecule has 1 aliphatic heterocycles. The lowest BCUT2D eigenvalue weighted by atomic mass is 10.0. The number of carbonyl (C=O) groups is 1. The first kappa shape index (κ1) is 16.8. The molecule has 0 spiro atoms. The second kappa shape index (κ2) is 9.43. The van der Waals surface area contributed by atoms with Gasteiger partial charge in [-0.25, -0.2) is 4.79 Å². The van der Waals surface area contributed by atoms with Crippen LogP contribution in [0.4, 0.5) is 4.79 Å². The molecule has 1 fully saturated rings. The summed E-state index contributed by atoms with van der Waals surface area (Å²) in [4.78, 5) is 11.9. The van der Waals surface area contributed by atoms with Gasteiger partial charge in [-0.1, -0.05) is 30.3 Å². The Labute approximate surface area is 132 Å². The molecule has 122 valence electrons. The largest absolute Gasteiger partial charge is 0.381 e. The lowest BCUT2D eigenvalue weighted by Crippen LogP contribution is -2.41. The zero-order valence-electron chi connectivity index (χ0n) is 13.2. The van der Waals surface area contributed by atoms with Gasteiger partial charge < -0.3 is 20.1 Å². The molecule has 0 saturated carbocycles. The van der Waals surface area contributed by atoms with Crippen LogP contribution in [0, 0.1) is 5.92 Å². The van der Waals surface area contributed by atoms with E-state index in [1.54, 1.807) is 0 Å². The van der Waals surface area contributed by atoms with E-state index in [0.29, 0.717) is 25.6 Å². The fraction of sp³-hybridized carbons (Fsp3) is 0.588. The lowest BCUT2D eigenvalue weighted by Gasteiger charge is -2.23. The normalized spacial score (nSPS) is 17.0. The van der Waals surface area contributed by atoms with E-state index in [1.165, 1.54) is 0 Å². The first-order valence-corrected chi connectivity index (χ1v) is 8.05. The number of ether oxygens (including phenoxy) is 2. The molecule has 1 heterocycles.